The van der Waals surface area contributed by atoms with Gasteiger partial charge in [-0.3, -0.25) is 9.59 Å². The van der Waals surface area contributed by atoms with Crippen molar-refractivity contribution >= 4 is 17.9 Å². The fourth-order valence-electron chi connectivity index (χ4n) is 9.83. The standard InChI is InChI=1S/C74H131NO8/c1-6-8-10-12-14-16-18-20-22-24-26-28-30-32-33-34-35-36-37-38-39-41-43-45-47-49-51-53-55-57-59-61-63-65-72(77)83-70(69-82-74(73(78)79)80-67-66-75(3,4)5)68-81-71(76)64-62-60-58-56-54-52-50-48-46-44-42-40-31-29-27-25-23-21-19-17-15-13-11-9-7-2/h8,10,14,16,19-22,25-28,32-33,70,74H,6-7,9,11-13,15,17-18,23-24,29-31,34-69H2,1-5H3/b10-8-,16-14-,21-19-,22-20-,27-25-,28-26-,33-32-. The maximum Gasteiger partial charge on any atom is 0.306 e. The lowest BCUT2D eigenvalue weighted by Crippen LogP contribution is -2.44. The van der Waals surface area contributed by atoms with Gasteiger partial charge in [0.05, 0.1) is 40.3 Å². The summed E-state index contributed by atoms with van der Waals surface area (Å²) < 4.78 is 22.8. The Bertz CT molecular complexity index is 1640. The zero-order valence-corrected chi connectivity index (χ0v) is 54.8. The highest BCUT2D eigenvalue weighted by molar-refractivity contribution is 5.70. The summed E-state index contributed by atoms with van der Waals surface area (Å²) in [5.74, 6) is -2.27. The Hall–Kier alpha value is -3.53. The van der Waals surface area contributed by atoms with E-state index in [-0.39, 0.29) is 32.2 Å². The van der Waals surface area contributed by atoms with Crippen LogP contribution in [0.15, 0.2) is 85.1 Å². The van der Waals surface area contributed by atoms with Crippen molar-refractivity contribution in [3.8, 4) is 0 Å². The molecule has 0 spiro atoms. The number of nitrogens with zero attached hydrogens (tertiary/aromatic N) is 1. The quantitative estimate of drug-likeness (QED) is 0.0195. The average Bonchev–Trinajstić information content (AvgIpc) is 3.46. The molecule has 0 radical (unpaired) electrons. The summed E-state index contributed by atoms with van der Waals surface area (Å²) in [5.41, 5.74) is 0. The SMILES string of the molecule is CC/C=C\C/C=C\C/C=C\C/C=C\C/C=C\CCCCCCCCCCCCCCCCCCCC(=O)OC(COC(=O)CCCCCCCCCCCCCCC/C=C\C/C=C\CCCCCCC)COC(OCC[N+](C)(C)C)C(=O)[O-]. The third-order valence-electron chi connectivity index (χ3n) is 15.1. The van der Waals surface area contributed by atoms with E-state index in [1.54, 1.807) is 0 Å². The zero-order chi connectivity index (χ0) is 60.5. The van der Waals surface area contributed by atoms with Crippen LogP contribution in [0.2, 0.25) is 0 Å². The van der Waals surface area contributed by atoms with Crippen LogP contribution in [0.3, 0.4) is 0 Å². The summed E-state index contributed by atoms with van der Waals surface area (Å²) in [6.07, 6.45) is 83.7. The van der Waals surface area contributed by atoms with Gasteiger partial charge in [0.15, 0.2) is 12.4 Å². The zero-order valence-electron chi connectivity index (χ0n) is 54.8. The van der Waals surface area contributed by atoms with Gasteiger partial charge in [-0.2, -0.15) is 0 Å². The van der Waals surface area contributed by atoms with Gasteiger partial charge < -0.3 is 33.3 Å². The van der Waals surface area contributed by atoms with Crippen LogP contribution in [0.5, 0.6) is 0 Å². The number of rotatable bonds is 64. The minimum absolute atomic E-state index is 0.147. The van der Waals surface area contributed by atoms with Gasteiger partial charge in [0, 0.05) is 12.8 Å². The summed E-state index contributed by atoms with van der Waals surface area (Å²) in [6.45, 7) is 4.66. The number of ether oxygens (including phenoxy) is 4. The second-order valence-electron chi connectivity index (χ2n) is 24.4. The van der Waals surface area contributed by atoms with Crippen molar-refractivity contribution in [2.75, 3.05) is 47.5 Å². The van der Waals surface area contributed by atoms with Crippen LogP contribution in [0.4, 0.5) is 0 Å². The summed E-state index contributed by atoms with van der Waals surface area (Å²) in [6, 6.07) is 0. The first-order chi connectivity index (χ1) is 40.6. The van der Waals surface area contributed by atoms with Crippen molar-refractivity contribution < 1.29 is 42.9 Å². The second kappa shape index (κ2) is 64.5. The Morgan fingerprint density at radius 1 is 0.373 bits per heavy atom. The Morgan fingerprint density at radius 2 is 0.687 bits per heavy atom. The lowest BCUT2D eigenvalue weighted by molar-refractivity contribution is -0.870. The molecule has 2 unspecified atom stereocenters. The number of carboxylic acid groups (broad SMARTS) is 1. The lowest BCUT2D eigenvalue weighted by Gasteiger charge is -2.26. The van der Waals surface area contributed by atoms with Gasteiger partial charge in [-0.15, -0.1) is 0 Å². The topological polar surface area (TPSA) is 111 Å². The number of aliphatic carboxylic acids is 1. The number of carbonyl (C=O) groups excluding carboxylic acids is 3. The Morgan fingerprint density at radius 3 is 1.02 bits per heavy atom. The van der Waals surface area contributed by atoms with Crippen molar-refractivity contribution in [1.82, 2.24) is 0 Å². The van der Waals surface area contributed by atoms with E-state index in [4.69, 9.17) is 18.9 Å². The highest BCUT2D eigenvalue weighted by Gasteiger charge is 2.22. The molecule has 9 nitrogen and oxygen atoms in total. The number of hydrogen-bond donors (Lipinski definition) is 0. The van der Waals surface area contributed by atoms with E-state index in [1.165, 1.54) is 205 Å². The fourth-order valence-corrected chi connectivity index (χ4v) is 9.83. The normalized spacial score (nSPS) is 13.2. The van der Waals surface area contributed by atoms with E-state index >= 15 is 0 Å². The van der Waals surface area contributed by atoms with Gasteiger partial charge >= 0.3 is 11.9 Å². The summed E-state index contributed by atoms with van der Waals surface area (Å²) >= 11 is 0. The van der Waals surface area contributed by atoms with Crippen molar-refractivity contribution in [2.24, 2.45) is 0 Å². The van der Waals surface area contributed by atoms with E-state index in [2.05, 4.69) is 98.9 Å². The molecule has 0 N–H and O–H groups in total. The van der Waals surface area contributed by atoms with Gasteiger partial charge in [-0.1, -0.05) is 292 Å². The first-order valence-electron chi connectivity index (χ1n) is 34.7. The Labute approximate surface area is 512 Å². The summed E-state index contributed by atoms with van der Waals surface area (Å²) in [4.78, 5) is 37.5. The minimum Gasteiger partial charge on any atom is -0.545 e. The highest BCUT2D eigenvalue weighted by Crippen LogP contribution is 2.18. The third kappa shape index (κ3) is 65.9. The molecule has 0 amide bonds. The number of unbranched alkanes of at least 4 members (excludes halogenated alkanes) is 35. The number of carbonyl (C=O) groups is 3. The van der Waals surface area contributed by atoms with Crippen LogP contribution >= 0.6 is 0 Å². The molecule has 0 saturated carbocycles. The molecule has 2 atom stereocenters. The molecule has 0 aliphatic carbocycles. The van der Waals surface area contributed by atoms with Crippen LogP contribution in [-0.2, 0) is 33.3 Å². The number of allylic oxidation sites excluding steroid dienone is 14. The monoisotopic (exact) mass is 1160 g/mol. The first-order valence-corrected chi connectivity index (χ1v) is 34.7. The lowest BCUT2D eigenvalue weighted by atomic mass is 10.0. The largest absolute Gasteiger partial charge is 0.545 e. The third-order valence-corrected chi connectivity index (χ3v) is 15.1. The van der Waals surface area contributed by atoms with Gasteiger partial charge in [0.1, 0.15) is 13.2 Å². The molecule has 0 aromatic rings. The predicted molar refractivity (Wildman–Crippen MR) is 352 cm³/mol. The van der Waals surface area contributed by atoms with Crippen molar-refractivity contribution in [3.63, 3.8) is 0 Å². The fraction of sp³-hybridized carbons (Fsp3) is 0.770. The molecule has 9 heteroatoms. The van der Waals surface area contributed by atoms with E-state index in [9.17, 15) is 19.5 Å². The maximum atomic E-state index is 12.9. The molecule has 0 fully saturated rings. The van der Waals surface area contributed by atoms with Crippen LogP contribution in [0.25, 0.3) is 0 Å². The van der Waals surface area contributed by atoms with Gasteiger partial charge in [0.2, 0.25) is 0 Å². The molecule has 480 valence electrons. The van der Waals surface area contributed by atoms with Crippen LogP contribution in [0, 0.1) is 0 Å². The van der Waals surface area contributed by atoms with E-state index in [1.807, 2.05) is 21.1 Å². The number of esters is 2. The van der Waals surface area contributed by atoms with Crippen molar-refractivity contribution in [1.29, 1.82) is 0 Å². The molecular formula is C74H131NO8. The van der Waals surface area contributed by atoms with Crippen molar-refractivity contribution in [3.05, 3.63) is 85.1 Å². The summed E-state index contributed by atoms with van der Waals surface area (Å²) in [7, 11) is 5.93. The van der Waals surface area contributed by atoms with E-state index in [0.717, 1.165) is 70.6 Å². The van der Waals surface area contributed by atoms with E-state index < -0.39 is 24.3 Å². The Balaban J connectivity index is 4.10. The molecule has 0 aliphatic rings. The first kappa shape index (κ1) is 79.5. The Kier molecular flexibility index (Phi) is 61.7. The van der Waals surface area contributed by atoms with Gasteiger partial charge in [-0.25, -0.2) is 0 Å². The predicted octanol–water partition coefficient (Wildman–Crippen LogP) is 20.1. The average molecular weight is 1160 g/mol. The molecule has 0 bridgehead atoms. The number of likely N-dealkylation sites (N-methyl/N-ethyl adjacent to an activating group) is 1. The number of carboxylic acids is 1. The van der Waals surface area contributed by atoms with Crippen molar-refractivity contribution in [2.45, 2.75) is 322 Å². The molecule has 0 aromatic heterocycles. The maximum absolute atomic E-state index is 12.9. The molecule has 0 rings (SSSR count). The molecule has 0 aromatic carbocycles. The molecular weight excluding hydrogens is 1030 g/mol. The van der Waals surface area contributed by atoms with E-state index in [0.29, 0.717) is 23.9 Å². The highest BCUT2D eigenvalue weighted by atomic mass is 16.7. The smallest absolute Gasteiger partial charge is 0.306 e. The number of quaternary nitrogens is 1. The molecule has 0 aliphatic heterocycles. The molecule has 0 saturated heterocycles. The van der Waals surface area contributed by atoms with Crippen LogP contribution < -0.4 is 5.11 Å². The molecule has 83 heavy (non-hydrogen) atoms. The number of hydrogen-bond acceptors (Lipinski definition) is 8. The molecule has 0 heterocycles. The van der Waals surface area contributed by atoms with Crippen LogP contribution in [-0.4, -0.2) is 82.3 Å². The second-order valence-corrected chi connectivity index (χ2v) is 24.4. The summed E-state index contributed by atoms with van der Waals surface area (Å²) in [5, 5.41) is 11.8. The van der Waals surface area contributed by atoms with Gasteiger partial charge in [-0.05, 0) is 89.9 Å². The van der Waals surface area contributed by atoms with Crippen LogP contribution in [0.1, 0.15) is 309 Å². The van der Waals surface area contributed by atoms with Gasteiger partial charge in [0.25, 0.3) is 0 Å². The minimum atomic E-state index is -1.62.